The van der Waals surface area contributed by atoms with Crippen molar-refractivity contribution in [3.63, 3.8) is 0 Å². The predicted octanol–water partition coefficient (Wildman–Crippen LogP) is 2.16. The van der Waals surface area contributed by atoms with Crippen molar-refractivity contribution in [1.29, 1.82) is 0 Å². The Kier molecular flexibility index (Phi) is 6.23. The molecule has 0 radical (unpaired) electrons. The molecule has 2 N–H and O–H groups in total. The molecule has 92 valence electrons. The summed E-state index contributed by atoms with van der Waals surface area (Å²) in [6.07, 6.45) is 8.07. The van der Waals surface area contributed by atoms with Crippen molar-refractivity contribution >= 4 is 23.5 Å². The molecule has 0 unspecified atom stereocenters. The molecule has 0 aromatic rings. The molecule has 0 spiro atoms. The number of carbonyl (C=O) groups excluding carboxylic acids is 2. The lowest BCUT2D eigenvalue weighted by atomic mass is 9.97. The lowest BCUT2D eigenvalue weighted by molar-refractivity contribution is -0.117. The highest BCUT2D eigenvalue weighted by Crippen LogP contribution is 2.16. The topological polar surface area (TPSA) is 58.2 Å². The van der Waals surface area contributed by atoms with Gasteiger partial charge in [-0.25, -0.2) is 4.79 Å². The monoisotopic (exact) mass is 246 g/mol. The molecule has 1 fully saturated rings. The third-order valence-electron chi connectivity index (χ3n) is 2.81. The Hall–Kier alpha value is -0.770. The summed E-state index contributed by atoms with van der Waals surface area (Å²) in [7, 11) is 0. The maximum absolute atomic E-state index is 11.4. The summed E-state index contributed by atoms with van der Waals surface area (Å²) in [5.74, 6) is -0.636. The molecule has 0 atom stereocenters. The van der Waals surface area contributed by atoms with Crippen molar-refractivity contribution in [2.45, 2.75) is 51.0 Å². The van der Waals surface area contributed by atoms with E-state index < -0.39 is 11.9 Å². The van der Waals surface area contributed by atoms with Crippen LogP contribution in [0.4, 0.5) is 4.79 Å². The molecular formula is C11H19ClN2O2. The van der Waals surface area contributed by atoms with Crippen molar-refractivity contribution in [2.24, 2.45) is 0 Å². The Bertz CT molecular complexity index is 238. The van der Waals surface area contributed by atoms with Crippen LogP contribution in [-0.2, 0) is 4.79 Å². The van der Waals surface area contributed by atoms with Crippen molar-refractivity contribution < 1.29 is 9.59 Å². The molecule has 0 heterocycles. The number of carbonyl (C=O) groups is 2. The normalized spacial score (nSPS) is 18.3. The van der Waals surface area contributed by atoms with E-state index >= 15 is 0 Å². The lowest BCUT2D eigenvalue weighted by Gasteiger charge is -2.20. The summed E-state index contributed by atoms with van der Waals surface area (Å²) in [6, 6.07) is -0.223. The van der Waals surface area contributed by atoms with Gasteiger partial charge in [0.15, 0.2) is 0 Å². The number of urea groups is 1. The second kappa shape index (κ2) is 7.49. The first-order chi connectivity index (χ1) is 7.72. The molecule has 1 aliphatic carbocycles. The van der Waals surface area contributed by atoms with Gasteiger partial charge in [-0.15, -0.1) is 11.6 Å². The number of hydrogen-bond donors (Lipinski definition) is 2. The molecule has 1 saturated carbocycles. The number of amides is 3. The van der Waals surface area contributed by atoms with E-state index in [2.05, 4.69) is 10.6 Å². The van der Waals surface area contributed by atoms with Gasteiger partial charge in [-0.2, -0.15) is 0 Å². The SMILES string of the molecule is O=C(CCl)NC(=O)NC1CCCCCCC1. The third-order valence-corrected chi connectivity index (χ3v) is 3.06. The van der Waals surface area contributed by atoms with Crippen molar-refractivity contribution in [2.75, 3.05) is 5.88 Å². The average Bonchev–Trinajstić information content (AvgIpc) is 2.21. The number of hydrogen-bond acceptors (Lipinski definition) is 2. The van der Waals surface area contributed by atoms with Gasteiger partial charge in [-0.05, 0) is 12.8 Å². The van der Waals surface area contributed by atoms with Gasteiger partial charge in [0.1, 0.15) is 5.88 Å². The fourth-order valence-corrected chi connectivity index (χ4v) is 2.05. The quantitative estimate of drug-likeness (QED) is 0.734. The molecule has 4 nitrogen and oxygen atoms in total. The van der Waals surface area contributed by atoms with Crippen LogP contribution in [0.3, 0.4) is 0 Å². The molecule has 0 bridgehead atoms. The minimum atomic E-state index is -0.454. The minimum Gasteiger partial charge on any atom is -0.335 e. The third kappa shape index (κ3) is 5.35. The highest BCUT2D eigenvalue weighted by Gasteiger charge is 2.14. The van der Waals surface area contributed by atoms with Crippen molar-refractivity contribution in [1.82, 2.24) is 10.6 Å². The van der Waals surface area contributed by atoms with E-state index in [0.29, 0.717) is 0 Å². The van der Waals surface area contributed by atoms with Gasteiger partial charge in [-0.1, -0.05) is 32.1 Å². The van der Waals surface area contributed by atoms with Crippen LogP contribution in [0, 0.1) is 0 Å². The molecule has 0 saturated heterocycles. The van der Waals surface area contributed by atoms with E-state index in [0.717, 1.165) is 25.7 Å². The summed E-state index contributed by atoms with van der Waals surface area (Å²) in [5, 5.41) is 5.01. The van der Waals surface area contributed by atoms with Crippen molar-refractivity contribution in [3.05, 3.63) is 0 Å². The van der Waals surface area contributed by atoms with Crippen LogP contribution < -0.4 is 10.6 Å². The average molecular weight is 247 g/mol. The van der Waals surface area contributed by atoms with E-state index in [1.807, 2.05) is 0 Å². The highest BCUT2D eigenvalue weighted by atomic mass is 35.5. The van der Waals surface area contributed by atoms with Crippen LogP contribution in [-0.4, -0.2) is 23.9 Å². The number of alkyl halides is 1. The Morgan fingerprint density at radius 3 is 2.19 bits per heavy atom. The van der Waals surface area contributed by atoms with Gasteiger partial charge in [0.2, 0.25) is 5.91 Å². The number of rotatable bonds is 2. The molecule has 5 heteroatoms. The number of halogens is 1. The largest absolute Gasteiger partial charge is 0.335 e. The fraction of sp³-hybridized carbons (Fsp3) is 0.818. The van der Waals surface area contributed by atoms with Crippen LogP contribution in [0.1, 0.15) is 44.9 Å². The Morgan fingerprint density at radius 1 is 1.06 bits per heavy atom. The van der Waals surface area contributed by atoms with Gasteiger partial charge >= 0.3 is 6.03 Å². The van der Waals surface area contributed by atoms with E-state index in [1.54, 1.807) is 0 Å². The second-order valence-electron chi connectivity index (χ2n) is 4.20. The highest BCUT2D eigenvalue weighted by molar-refractivity contribution is 6.28. The maximum Gasteiger partial charge on any atom is 0.321 e. The van der Waals surface area contributed by atoms with Gasteiger partial charge in [0, 0.05) is 6.04 Å². The van der Waals surface area contributed by atoms with Gasteiger partial charge < -0.3 is 5.32 Å². The van der Waals surface area contributed by atoms with E-state index in [9.17, 15) is 9.59 Å². The minimum absolute atomic E-state index is 0.182. The molecule has 3 amide bonds. The van der Waals surface area contributed by atoms with E-state index in [4.69, 9.17) is 11.6 Å². The zero-order chi connectivity index (χ0) is 11.8. The molecule has 16 heavy (non-hydrogen) atoms. The molecule has 1 aliphatic rings. The van der Waals surface area contributed by atoms with Gasteiger partial charge in [-0.3, -0.25) is 10.1 Å². The maximum atomic E-state index is 11.4. The number of nitrogens with one attached hydrogen (secondary N) is 2. The van der Waals surface area contributed by atoms with Crippen LogP contribution in [0.15, 0.2) is 0 Å². The zero-order valence-electron chi connectivity index (χ0n) is 9.43. The van der Waals surface area contributed by atoms with Crippen molar-refractivity contribution in [3.8, 4) is 0 Å². The smallest absolute Gasteiger partial charge is 0.321 e. The van der Waals surface area contributed by atoms with E-state index in [-0.39, 0.29) is 11.9 Å². The lowest BCUT2D eigenvalue weighted by Crippen LogP contribution is -2.45. The Morgan fingerprint density at radius 2 is 1.62 bits per heavy atom. The molecular weight excluding hydrogens is 228 g/mol. The first-order valence-corrected chi connectivity index (χ1v) is 6.42. The fourth-order valence-electron chi connectivity index (χ4n) is 1.98. The predicted molar refractivity (Wildman–Crippen MR) is 63.5 cm³/mol. The van der Waals surface area contributed by atoms with Crippen LogP contribution in [0.5, 0.6) is 0 Å². The Balaban J connectivity index is 2.27. The van der Waals surface area contributed by atoms with Crippen LogP contribution in [0.25, 0.3) is 0 Å². The summed E-state index contributed by atoms with van der Waals surface area (Å²) in [4.78, 5) is 22.3. The van der Waals surface area contributed by atoms with E-state index in [1.165, 1.54) is 19.3 Å². The zero-order valence-corrected chi connectivity index (χ0v) is 10.2. The van der Waals surface area contributed by atoms with Gasteiger partial charge in [0.25, 0.3) is 0 Å². The molecule has 0 aliphatic heterocycles. The summed E-state index contributed by atoms with van der Waals surface area (Å²) in [5.41, 5.74) is 0. The second-order valence-corrected chi connectivity index (χ2v) is 4.46. The first-order valence-electron chi connectivity index (χ1n) is 5.88. The molecule has 0 aromatic heterocycles. The summed E-state index contributed by atoms with van der Waals surface area (Å²) >= 11 is 5.29. The first kappa shape index (κ1) is 13.3. The molecule has 0 aromatic carbocycles. The summed E-state index contributed by atoms with van der Waals surface area (Å²) in [6.45, 7) is 0. The number of imide groups is 1. The Labute approximate surface area is 101 Å². The van der Waals surface area contributed by atoms with Gasteiger partial charge in [0.05, 0.1) is 0 Å². The summed E-state index contributed by atoms with van der Waals surface area (Å²) < 4.78 is 0. The van der Waals surface area contributed by atoms with Crippen LogP contribution in [0.2, 0.25) is 0 Å². The standard InChI is InChI=1S/C11H19ClN2O2/c12-8-10(15)14-11(16)13-9-6-4-2-1-3-5-7-9/h9H,1-8H2,(H2,13,14,15,16). The molecule has 1 rings (SSSR count). The van der Waals surface area contributed by atoms with Crippen LogP contribution >= 0.6 is 11.6 Å².